The zero-order chi connectivity index (χ0) is 17.5. The van der Waals surface area contributed by atoms with Crippen LogP contribution in [0.2, 0.25) is 0 Å². The van der Waals surface area contributed by atoms with Crippen LogP contribution in [0.4, 0.5) is 0 Å². The van der Waals surface area contributed by atoms with E-state index in [2.05, 4.69) is 19.9 Å². The smallest absolute Gasteiger partial charge is 0.744 e. The third kappa shape index (κ3) is 4.23. The number of hydrogen-bond donors (Lipinski definition) is 0. The summed E-state index contributed by atoms with van der Waals surface area (Å²) >= 11 is 0. The molecule has 0 heterocycles. The second-order valence-electron chi connectivity index (χ2n) is 7.11. The van der Waals surface area contributed by atoms with Gasteiger partial charge in [-0.15, -0.1) is 0 Å². The molecule has 0 unspecified atom stereocenters. The Hall–Kier alpha value is -0.390. The fraction of sp³-hybridized carbons (Fsp3) is 0.474. The van der Waals surface area contributed by atoms with Gasteiger partial charge in [0.1, 0.15) is 10.1 Å². The summed E-state index contributed by atoms with van der Waals surface area (Å²) in [5.74, 6) is 0.325. The van der Waals surface area contributed by atoms with Gasteiger partial charge in [0.05, 0.1) is 4.90 Å². The van der Waals surface area contributed by atoms with Gasteiger partial charge in [0, 0.05) is 0 Å². The molecular formula is C19H25NaO3S. The van der Waals surface area contributed by atoms with Crippen LogP contribution < -0.4 is 29.6 Å². The van der Waals surface area contributed by atoms with Gasteiger partial charge in [0.25, 0.3) is 0 Å². The molecule has 0 fully saturated rings. The van der Waals surface area contributed by atoms with Crippen molar-refractivity contribution in [3.8, 4) is 0 Å². The molecule has 0 aliphatic rings. The van der Waals surface area contributed by atoms with Crippen LogP contribution in [0.3, 0.4) is 0 Å². The molecular weight excluding hydrogens is 331 g/mol. The van der Waals surface area contributed by atoms with Crippen molar-refractivity contribution in [1.29, 1.82) is 0 Å². The van der Waals surface area contributed by atoms with Crippen molar-refractivity contribution in [2.75, 3.05) is 0 Å². The second kappa shape index (κ2) is 7.88. The van der Waals surface area contributed by atoms with Crippen LogP contribution in [0.25, 0.3) is 10.8 Å². The van der Waals surface area contributed by atoms with Gasteiger partial charge in [-0.1, -0.05) is 59.7 Å². The Kier molecular flexibility index (Phi) is 7.11. The number of fused-ring (bicyclic) bond motifs is 1. The number of hydrogen-bond acceptors (Lipinski definition) is 3. The van der Waals surface area contributed by atoms with Crippen molar-refractivity contribution < 1.29 is 42.5 Å². The first-order valence-electron chi connectivity index (χ1n) is 8.10. The van der Waals surface area contributed by atoms with Crippen molar-refractivity contribution in [3.05, 3.63) is 41.0 Å². The molecule has 3 nitrogen and oxygen atoms in total. The molecule has 0 aliphatic heterocycles. The maximum Gasteiger partial charge on any atom is 1.00 e. The SMILES string of the molecule is CC(C)c1ccc2c(C(C)C)c(S(=O)(=O)[O-])c(C(C)C)cc2c1.[Na+]. The molecule has 0 aromatic heterocycles. The maximum absolute atomic E-state index is 11.9. The molecule has 0 amide bonds. The first kappa shape index (κ1) is 21.7. The molecule has 0 saturated heterocycles. The van der Waals surface area contributed by atoms with E-state index in [0.29, 0.717) is 17.0 Å². The van der Waals surface area contributed by atoms with E-state index < -0.39 is 10.1 Å². The molecule has 0 radical (unpaired) electrons. The van der Waals surface area contributed by atoms with Crippen molar-refractivity contribution in [1.82, 2.24) is 0 Å². The van der Waals surface area contributed by atoms with Gasteiger partial charge in [-0.25, -0.2) is 8.42 Å². The monoisotopic (exact) mass is 356 g/mol. The summed E-state index contributed by atoms with van der Waals surface area (Å²) in [5.41, 5.74) is 2.48. The van der Waals surface area contributed by atoms with E-state index in [9.17, 15) is 13.0 Å². The van der Waals surface area contributed by atoms with E-state index in [-0.39, 0.29) is 46.3 Å². The molecule has 2 rings (SSSR count). The molecule has 0 saturated carbocycles. The fourth-order valence-corrected chi connectivity index (χ4v) is 4.30. The standard InChI is InChI=1S/C19H26O3S.Na/c1-11(2)14-7-8-16-15(9-14)10-17(12(3)4)19(23(20,21)22)18(16)13(5)6;/h7-13H,1-6H3,(H,20,21,22);/q;+1/p-1. The van der Waals surface area contributed by atoms with Gasteiger partial charge in [-0.3, -0.25) is 0 Å². The van der Waals surface area contributed by atoms with E-state index in [4.69, 9.17) is 0 Å². The Morgan fingerprint density at radius 2 is 1.46 bits per heavy atom. The summed E-state index contributed by atoms with van der Waals surface area (Å²) in [7, 11) is -4.52. The Labute approximate surface area is 167 Å². The zero-order valence-electron chi connectivity index (χ0n) is 15.7. The Bertz CT molecular complexity index is 837. The van der Waals surface area contributed by atoms with Crippen LogP contribution in [0.15, 0.2) is 29.2 Å². The van der Waals surface area contributed by atoms with Gasteiger partial charge in [0.2, 0.25) is 0 Å². The predicted molar refractivity (Wildman–Crippen MR) is 94.2 cm³/mol. The van der Waals surface area contributed by atoms with Crippen LogP contribution in [0.5, 0.6) is 0 Å². The molecule has 5 heteroatoms. The summed E-state index contributed by atoms with van der Waals surface area (Å²) in [6.45, 7) is 12.0. The summed E-state index contributed by atoms with van der Waals surface area (Å²) in [6, 6.07) is 7.97. The molecule has 24 heavy (non-hydrogen) atoms. The third-order valence-electron chi connectivity index (χ3n) is 4.30. The molecule has 0 bridgehead atoms. The minimum Gasteiger partial charge on any atom is -0.744 e. The topological polar surface area (TPSA) is 57.2 Å². The summed E-state index contributed by atoms with van der Waals surface area (Å²) < 4.78 is 35.8. The van der Waals surface area contributed by atoms with Crippen LogP contribution in [0.1, 0.15) is 76.0 Å². The van der Waals surface area contributed by atoms with E-state index in [1.165, 1.54) is 5.56 Å². The maximum atomic E-state index is 11.9. The molecule has 0 atom stereocenters. The molecule has 2 aromatic rings. The normalized spacial score (nSPS) is 12.2. The average molecular weight is 356 g/mol. The van der Waals surface area contributed by atoms with Crippen LogP contribution in [-0.4, -0.2) is 13.0 Å². The second-order valence-corrected chi connectivity index (χ2v) is 8.42. The van der Waals surface area contributed by atoms with Crippen molar-refractivity contribution >= 4 is 20.9 Å². The summed E-state index contributed by atoms with van der Waals surface area (Å²) in [4.78, 5) is -0.0210. The van der Waals surface area contributed by atoms with E-state index >= 15 is 0 Å². The minimum atomic E-state index is -4.52. The van der Waals surface area contributed by atoms with E-state index in [0.717, 1.165) is 10.8 Å². The predicted octanol–water partition coefficient (Wildman–Crippen LogP) is 2.12. The van der Waals surface area contributed by atoms with Crippen molar-refractivity contribution in [2.24, 2.45) is 0 Å². The van der Waals surface area contributed by atoms with Gasteiger partial charge in [-0.05, 0) is 51.3 Å². The van der Waals surface area contributed by atoms with Gasteiger partial charge < -0.3 is 4.55 Å². The quantitative estimate of drug-likeness (QED) is 0.623. The van der Waals surface area contributed by atoms with Gasteiger partial charge in [-0.2, -0.15) is 0 Å². The van der Waals surface area contributed by atoms with Crippen LogP contribution in [-0.2, 0) is 10.1 Å². The van der Waals surface area contributed by atoms with E-state index in [1.54, 1.807) is 0 Å². The number of rotatable bonds is 4. The average Bonchev–Trinajstić information content (AvgIpc) is 2.42. The Morgan fingerprint density at radius 1 is 0.875 bits per heavy atom. The van der Waals surface area contributed by atoms with Crippen molar-refractivity contribution in [3.63, 3.8) is 0 Å². The largest absolute Gasteiger partial charge is 1.00 e. The number of benzene rings is 2. The summed E-state index contributed by atoms with van der Waals surface area (Å²) in [5, 5.41) is 1.87. The third-order valence-corrected chi connectivity index (χ3v) is 5.26. The first-order chi connectivity index (χ1) is 10.5. The molecule has 0 spiro atoms. The zero-order valence-corrected chi connectivity index (χ0v) is 18.5. The molecule has 2 aromatic carbocycles. The molecule has 0 N–H and O–H groups in total. The van der Waals surface area contributed by atoms with Gasteiger partial charge >= 0.3 is 29.6 Å². The molecule has 126 valence electrons. The fourth-order valence-electron chi connectivity index (χ4n) is 3.10. The van der Waals surface area contributed by atoms with Crippen LogP contribution >= 0.6 is 0 Å². The van der Waals surface area contributed by atoms with E-state index in [1.807, 2.05) is 45.9 Å². The van der Waals surface area contributed by atoms with Gasteiger partial charge in [0.15, 0.2) is 0 Å². The first-order valence-corrected chi connectivity index (χ1v) is 9.51. The summed E-state index contributed by atoms with van der Waals surface area (Å²) in [6.07, 6.45) is 0. The Morgan fingerprint density at radius 3 is 1.88 bits per heavy atom. The van der Waals surface area contributed by atoms with Crippen LogP contribution in [0, 0.1) is 0 Å². The minimum absolute atomic E-state index is 0. The Balaban J connectivity index is 0.00000288. The molecule has 0 aliphatic carbocycles. The van der Waals surface area contributed by atoms with Crippen molar-refractivity contribution in [2.45, 2.75) is 64.2 Å².